The first-order valence-corrected chi connectivity index (χ1v) is 8.42. The van der Waals surface area contributed by atoms with Crippen LogP contribution in [0.15, 0.2) is 29.5 Å². The molecule has 2 aromatic heterocycles. The van der Waals surface area contributed by atoms with Crippen molar-refractivity contribution in [2.45, 2.75) is 50.2 Å². The molecule has 0 aromatic carbocycles. The molecule has 2 unspecified atom stereocenters. The SMILES string of the molecule is O=C(Cc1ccsc1)N1C2CCC1CC(n1cncn1)C2. The Labute approximate surface area is 127 Å². The molecule has 4 heterocycles. The predicted molar refractivity (Wildman–Crippen MR) is 80.0 cm³/mol. The van der Waals surface area contributed by atoms with Gasteiger partial charge in [0.15, 0.2) is 0 Å². The molecule has 0 N–H and O–H groups in total. The number of hydrogen-bond donors (Lipinski definition) is 0. The highest BCUT2D eigenvalue weighted by Gasteiger charge is 2.43. The maximum atomic E-state index is 12.6. The number of carbonyl (C=O) groups excluding carboxylic acids is 1. The average molecular weight is 302 g/mol. The van der Waals surface area contributed by atoms with E-state index >= 15 is 0 Å². The maximum absolute atomic E-state index is 12.6. The lowest BCUT2D eigenvalue weighted by molar-refractivity contribution is -0.135. The lowest BCUT2D eigenvalue weighted by Crippen LogP contribution is -2.47. The number of fused-ring (bicyclic) bond motifs is 2. The third kappa shape index (κ3) is 2.37. The molecular weight excluding hydrogens is 284 g/mol. The zero-order valence-corrected chi connectivity index (χ0v) is 12.6. The summed E-state index contributed by atoms with van der Waals surface area (Å²) in [7, 11) is 0. The van der Waals surface area contributed by atoms with Gasteiger partial charge in [0.25, 0.3) is 0 Å². The van der Waals surface area contributed by atoms with E-state index in [0.29, 0.717) is 24.5 Å². The van der Waals surface area contributed by atoms with Crippen LogP contribution < -0.4 is 0 Å². The Hall–Kier alpha value is -1.69. The van der Waals surface area contributed by atoms with Gasteiger partial charge in [0.1, 0.15) is 12.7 Å². The van der Waals surface area contributed by atoms with E-state index in [-0.39, 0.29) is 5.91 Å². The van der Waals surface area contributed by atoms with E-state index < -0.39 is 0 Å². The van der Waals surface area contributed by atoms with E-state index in [0.717, 1.165) is 31.2 Å². The molecule has 21 heavy (non-hydrogen) atoms. The van der Waals surface area contributed by atoms with Crippen molar-refractivity contribution in [3.8, 4) is 0 Å². The Kier molecular flexibility index (Phi) is 3.25. The largest absolute Gasteiger partial charge is 0.336 e. The van der Waals surface area contributed by atoms with Crippen molar-refractivity contribution >= 4 is 17.2 Å². The van der Waals surface area contributed by atoms with Crippen molar-refractivity contribution in [2.75, 3.05) is 0 Å². The molecule has 2 aliphatic heterocycles. The van der Waals surface area contributed by atoms with Gasteiger partial charge in [-0.3, -0.25) is 4.79 Å². The van der Waals surface area contributed by atoms with Gasteiger partial charge < -0.3 is 4.90 Å². The molecule has 4 rings (SSSR count). The minimum Gasteiger partial charge on any atom is -0.336 e. The van der Waals surface area contributed by atoms with Crippen LogP contribution in [0.25, 0.3) is 0 Å². The summed E-state index contributed by atoms with van der Waals surface area (Å²) in [5, 5.41) is 8.38. The predicted octanol–water partition coefficient (Wildman–Crippen LogP) is 2.28. The summed E-state index contributed by atoms with van der Waals surface area (Å²) in [6.07, 6.45) is 8.22. The lowest BCUT2D eigenvalue weighted by atomic mass is 9.96. The minimum atomic E-state index is 0.290. The molecule has 0 spiro atoms. The van der Waals surface area contributed by atoms with Gasteiger partial charge in [-0.25, -0.2) is 9.67 Å². The number of amides is 1. The van der Waals surface area contributed by atoms with Crippen molar-refractivity contribution in [1.29, 1.82) is 0 Å². The third-order valence-electron chi connectivity index (χ3n) is 4.74. The number of thiophene rings is 1. The molecule has 2 saturated heterocycles. The van der Waals surface area contributed by atoms with Crippen LogP contribution in [0.4, 0.5) is 0 Å². The highest BCUT2D eigenvalue weighted by atomic mass is 32.1. The number of piperidine rings is 1. The fourth-order valence-corrected chi connectivity index (χ4v) is 4.51. The number of hydrogen-bond acceptors (Lipinski definition) is 4. The van der Waals surface area contributed by atoms with Crippen molar-refractivity contribution in [3.63, 3.8) is 0 Å². The van der Waals surface area contributed by atoms with Crippen molar-refractivity contribution in [1.82, 2.24) is 19.7 Å². The summed E-state index contributed by atoms with van der Waals surface area (Å²) in [4.78, 5) is 18.8. The molecular formula is C15H18N4OS. The highest BCUT2D eigenvalue weighted by molar-refractivity contribution is 7.07. The molecule has 2 aliphatic rings. The zero-order valence-electron chi connectivity index (χ0n) is 11.8. The van der Waals surface area contributed by atoms with Crippen LogP contribution in [0.3, 0.4) is 0 Å². The van der Waals surface area contributed by atoms with E-state index in [4.69, 9.17) is 0 Å². The molecule has 2 atom stereocenters. The smallest absolute Gasteiger partial charge is 0.227 e. The molecule has 2 aromatic rings. The van der Waals surface area contributed by atoms with Crippen LogP contribution in [0.5, 0.6) is 0 Å². The second kappa shape index (κ2) is 5.26. The molecule has 0 saturated carbocycles. The second-order valence-corrected chi connectivity index (χ2v) is 6.78. The fraction of sp³-hybridized carbons (Fsp3) is 0.533. The molecule has 2 fully saturated rings. The number of aromatic nitrogens is 3. The van der Waals surface area contributed by atoms with E-state index in [1.807, 2.05) is 16.1 Å². The average Bonchev–Trinajstić information content (AvgIpc) is 3.20. The number of carbonyl (C=O) groups is 1. The van der Waals surface area contributed by atoms with Crippen LogP contribution in [-0.4, -0.2) is 37.7 Å². The summed E-state index contributed by atoms with van der Waals surface area (Å²) in [6.45, 7) is 0. The molecule has 0 radical (unpaired) electrons. The Balaban J connectivity index is 1.48. The lowest BCUT2D eigenvalue weighted by Gasteiger charge is -2.39. The van der Waals surface area contributed by atoms with Crippen molar-refractivity contribution < 1.29 is 4.79 Å². The van der Waals surface area contributed by atoms with E-state index in [1.54, 1.807) is 24.0 Å². The van der Waals surface area contributed by atoms with Crippen LogP contribution in [-0.2, 0) is 11.2 Å². The van der Waals surface area contributed by atoms with E-state index in [2.05, 4.69) is 20.4 Å². The van der Waals surface area contributed by atoms with E-state index in [1.165, 1.54) is 0 Å². The summed E-state index contributed by atoms with van der Waals surface area (Å²) in [6, 6.07) is 3.20. The topological polar surface area (TPSA) is 51.0 Å². The maximum Gasteiger partial charge on any atom is 0.227 e. The van der Waals surface area contributed by atoms with Gasteiger partial charge in [0.05, 0.1) is 12.5 Å². The molecule has 2 bridgehead atoms. The Morgan fingerprint density at radius 1 is 1.29 bits per heavy atom. The summed E-state index contributed by atoms with van der Waals surface area (Å²) < 4.78 is 1.96. The normalized spacial score (nSPS) is 28.0. The summed E-state index contributed by atoms with van der Waals surface area (Å²) in [5.74, 6) is 0.290. The van der Waals surface area contributed by atoms with E-state index in [9.17, 15) is 4.79 Å². The van der Waals surface area contributed by atoms with Gasteiger partial charge >= 0.3 is 0 Å². The Morgan fingerprint density at radius 2 is 2.10 bits per heavy atom. The molecule has 1 amide bonds. The Morgan fingerprint density at radius 3 is 2.71 bits per heavy atom. The van der Waals surface area contributed by atoms with Crippen LogP contribution in [0.2, 0.25) is 0 Å². The first kappa shape index (κ1) is 13.0. The van der Waals surface area contributed by atoms with Crippen LogP contribution in [0.1, 0.15) is 37.3 Å². The molecule has 5 nitrogen and oxygen atoms in total. The molecule has 110 valence electrons. The van der Waals surface area contributed by atoms with Crippen molar-refractivity contribution in [2.24, 2.45) is 0 Å². The number of nitrogens with zero attached hydrogens (tertiary/aromatic N) is 4. The van der Waals surface area contributed by atoms with Gasteiger partial charge in [-0.15, -0.1) is 0 Å². The first-order chi connectivity index (χ1) is 10.3. The van der Waals surface area contributed by atoms with Gasteiger partial charge in [0.2, 0.25) is 5.91 Å². The van der Waals surface area contributed by atoms with Gasteiger partial charge in [-0.1, -0.05) is 0 Å². The Bertz CT molecular complexity index is 596. The highest BCUT2D eigenvalue weighted by Crippen LogP contribution is 2.40. The van der Waals surface area contributed by atoms with Gasteiger partial charge in [0, 0.05) is 12.1 Å². The van der Waals surface area contributed by atoms with Crippen LogP contribution >= 0.6 is 11.3 Å². The molecule has 6 heteroatoms. The monoisotopic (exact) mass is 302 g/mol. The fourth-order valence-electron chi connectivity index (χ4n) is 3.84. The van der Waals surface area contributed by atoms with Crippen molar-refractivity contribution in [3.05, 3.63) is 35.0 Å². The quantitative estimate of drug-likeness (QED) is 0.874. The van der Waals surface area contributed by atoms with Crippen LogP contribution in [0, 0.1) is 0 Å². The standard InChI is InChI=1S/C15H18N4OS/c20-15(5-11-3-4-21-8-11)19-12-1-2-13(19)7-14(6-12)18-10-16-9-17-18/h3-4,8-10,12-14H,1-2,5-7H2. The summed E-state index contributed by atoms with van der Waals surface area (Å²) >= 11 is 1.65. The zero-order chi connectivity index (χ0) is 14.2. The first-order valence-electron chi connectivity index (χ1n) is 7.47. The third-order valence-corrected chi connectivity index (χ3v) is 5.47. The van der Waals surface area contributed by atoms with Gasteiger partial charge in [-0.05, 0) is 48.1 Å². The van der Waals surface area contributed by atoms with Gasteiger partial charge in [-0.2, -0.15) is 16.4 Å². The minimum absolute atomic E-state index is 0.290. The summed E-state index contributed by atoms with van der Waals surface area (Å²) in [5.41, 5.74) is 1.14. The second-order valence-electron chi connectivity index (χ2n) is 6.00. The molecule has 0 aliphatic carbocycles. The number of rotatable bonds is 3.